The molecule has 0 fully saturated rings. The first-order chi connectivity index (χ1) is 19.2. The van der Waals surface area contributed by atoms with E-state index in [0.29, 0.717) is 6.61 Å². The predicted molar refractivity (Wildman–Crippen MR) is 161 cm³/mol. The lowest BCUT2D eigenvalue weighted by Crippen LogP contribution is -2.22. The van der Waals surface area contributed by atoms with Gasteiger partial charge in [-0.05, 0) is 61.0 Å². The van der Waals surface area contributed by atoms with Crippen LogP contribution in [0.4, 0.5) is 0 Å². The summed E-state index contributed by atoms with van der Waals surface area (Å²) in [5.41, 5.74) is 4.83. The highest BCUT2D eigenvalue weighted by molar-refractivity contribution is 7.15. The standard InChI is InChI=1S/C34H34N2O2S/c1-3-36(25-28-16-20-32(21-17-28)38-31-12-8-5-9-13-31)24-27-14-18-30(19-15-27)37-23-22-33-26(2)39-34(35-33)29-10-6-4-7-11-29/h4-21H,3,22-25H2,1-2H3. The van der Waals surface area contributed by atoms with Crippen LogP contribution in [0.5, 0.6) is 17.2 Å². The van der Waals surface area contributed by atoms with Gasteiger partial charge in [-0.3, -0.25) is 4.90 Å². The normalized spacial score (nSPS) is 11.1. The van der Waals surface area contributed by atoms with E-state index in [2.05, 4.69) is 79.4 Å². The summed E-state index contributed by atoms with van der Waals surface area (Å²) in [5.74, 6) is 2.60. The molecule has 5 rings (SSSR count). The van der Waals surface area contributed by atoms with Crippen LogP contribution in [0.2, 0.25) is 0 Å². The average Bonchev–Trinajstić information content (AvgIpc) is 3.35. The van der Waals surface area contributed by atoms with Gasteiger partial charge in [-0.15, -0.1) is 11.3 Å². The summed E-state index contributed by atoms with van der Waals surface area (Å²) in [4.78, 5) is 8.54. The fourth-order valence-corrected chi connectivity index (χ4v) is 5.37. The monoisotopic (exact) mass is 534 g/mol. The van der Waals surface area contributed by atoms with E-state index in [0.717, 1.165) is 54.0 Å². The quantitative estimate of drug-likeness (QED) is 0.161. The minimum absolute atomic E-state index is 0.614. The van der Waals surface area contributed by atoms with E-state index in [1.807, 2.05) is 48.5 Å². The SMILES string of the molecule is CCN(Cc1ccc(OCCc2nc(-c3ccccc3)sc2C)cc1)Cc1ccc(Oc2ccccc2)cc1. The summed E-state index contributed by atoms with van der Waals surface area (Å²) in [7, 11) is 0. The zero-order valence-corrected chi connectivity index (χ0v) is 23.4. The number of ether oxygens (including phenoxy) is 2. The molecule has 0 saturated heterocycles. The molecular weight excluding hydrogens is 500 g/mol. The smallest absolute Gasteiger partial charge is 0.127 e. The topological polar surface area (TPSA) is 34.6 Å². The van der Waals surface area contributed by atoms with E-state index in [1.54, 1.807) is 11.3 Å². The summed E-state index contributed by atoms with van der Waals surface area (Å²) in [6.07, 6.45) is 0.801. The molecule has 0 radical (unpaired) electrons. The molecular formula is C34H34N2O2S. The number of para-hydroxylation sites is 1. The second-order valence-corrected chi connectivity index (χ2v) is 10.7. The molecule has 39 heavy (non-hydrogen) atoms. The van der Waals surface area contributed by atoms with Crippen LogP contribution < -0.4 is 9.47 Å². The van der Waals surface area contributed by atoms with Crippen molar-refractivity contribution >= 4 is 11.3 Å². The van der Waals surface area contributed by atoms with E-state index in [9.17, 15) is 0 Å². The van der Waals surface area contributed by atoms with Crippen LogP contribution >= 0.6 is 11.3 Å². The first-order valence-electron chi connectivity index (χ1n) is 13.4. The lowest BCUT2D eigenvalue weighted by molar-refractivity contribution is 0.271. The third-order valence-electron chi connectivity index (χ3n) is 6.61. The molecule has 0 atom stereocenters. The van der Waals surface area contributed by atoms with E-state index >= 15 is 0 Å². The van der Waals surface area contributed by atoms with Crippen LogP contribution in [-0.2, 0) is 19.5 Å². The van der Waals surface area contributed by atoms with Gasteiger partial charge in [0.25, 0.3) is 0 Å². The Balaban J connectivity index is 1.10. The zero-order chi connectivity index (χ0) is 26.9. The van der Waals surface area contributed by atoms with Gasteiger partial charge in [-0.1, -0.05) is 79.7 Å². The molecule has 198 valence electrons. The highest BCUT2D eigenvalue weighted by Crippen LogP contribution is 2.28. The van der Waals surface area contributed by atoms with Crippen molar-refractivity contribution in [2.45, 2.75) is 33.4 Å². The maximum atomic E-state index is 6.05. The van der Waals surface area contributed by atoms with Crippen molar-refractivity contribution in [1.29, 1.82) is 0 Å². The molecule has 0 saturated carbocycles. The first kappa shape index (κ1) is 26.7. The third kappa shape index (κ3) is 7.56. The van der Waals surface area contributed by atoms with Crippen LogP contribution in [0.1, 0.15) is 28.6 Å². The highest BCUT2D eigenvalue weighted by atomic mass is 32.1. The molecule has 5 aromatic rings. The van der Waals surface area contributed by atoms with Crippen molar-refractivity contribution in [3.05, 3.63) is 131 Å². The van der Waals surface area contributed by atoms with Gasteiger partial charge in [0.1, 0.15) is 22.3 Å². The molecule has 0 N–H and O–H groups in total. The molecule has 1 aromatic heterocycles. The summed E-state index contributed by atoms with van der Waals surface area (Å²) in [6, 6.07) is 37.1. The molecule has 0 amide bonds. The van der Waals surface area contributed by atoms with Crippen molar-refractivity contribution in [2.75, 3.05) is 13.2 Å². The second-order valence-electron chi connectivity index (χ2n) is 9.49. The Morgan fingerprint density at radius 3 is 1.87 bits per heavy atom. The third-order valence-corrected chi connectivity index (χ3v) is 7.67. The summed E-state index contributed by atoms with van der Waals surface area (Å²) in [6.45, 7) is 7.70. The summed E-state index contributed by atoms with van der Waals surface area (Å²) >= 11 is 1.75. The number of thiazole rings is 1. The second kappa shape index (κ2) is 13.2. The minimum Gasteiger partial charge on any atom is -0.493 e. The van der Waals surface area contributed by atoms with Crippen molar-refractivity contribution < 1.29 is 9.47 Å². The number of aromatic nitrogens is 1. The van der Waals surface area contributed by atoms with Crippen molar-refractivity contribution in [3.8, 4) is 27.8 Å². The number of benzene rings is 4. The fraction of sp³-hybridized carbons (Fsp3) is 0.206. The first-order valence-corrected chi connectivity index (χ1v) is 14.3. The Morgan fingerprint density at radius 2 is 1.26 bits per heavy atom. The van der Waals surface area contributed by atoms with Crippen LogP contribution in [0.15, 0.2) is 109 Å². The Morgan fingerprint density at radius 1 is 0.692 bits per heavy atom. The van der Waals surface area contributed by atoms with Gasteiger partial charge in [0.2, 0.25) is 0 Å². The van der Waals surface area contributed by atoms with Crippen molar-refractivity contribution in [3.63, 3.8) is 0 Å². The van der Waals surface area contributed by atoms with E-state index in [-0.39, 0.29) is 0 Å². The molecule has 0 bridgehead atoms. The minimum atomic E-state index is 0.614. The van der Waals surface area contributed by atoms with Gasteiger partial charge in [-0.25, -0.2) is 4.98 Å². The maximum Gasteiger partial charge on any atom is 0.127 e. The van der Waals surface area contributed by atoms with Gasteiger partial charge in [-0.2, -0.15) is 0 Å². The van der Waals surface area contributed by atoms with Crippen LogP contribution in [-0.4, -0.2) is 23.0 Å². The van der Waals surface area contributed by atoms with Crippen molar-refractivity contribution in [2.24, 2.45) is 0 Å². The summed E-state index contributed by atoms with van der Waals surface area (Å²) < 4.78 is 12.0. The molecule has 0 aliphatic heterocycles. The van der Waals surface area contributed by atoms with Gasteiger partial charge in [0.15, 0.2) is 0 Å². The van der Waals surface area contributed by atoms with Gasteiger partial charge in [0, 0.05) is 30.0 Å². The molecule has 4 aromatic carbocycles. The number of rotatable bonds is 12. The van der Waals surface area contributed by atoms with Gasteiger partial charge >= 0.3 is 0 Å². The molecule has 0 aliphatic carbocycles. The van der Waals surface area contributed by atoms with Crippen LogP contribution in [0.3, 0.4) is 0 Å². The number of hydrogen-bond donors (Lipinski definition) is 0. The lowest BCUT2D eigenvalue weighted by atomic mass is 10.1. The number of nitrogens with zero attached hydrogens (tertiary/aromatic N) is 2. The molecule has 1 heterocycles. The molecule has 5 heteroatoms. The average molecular weight is 535 g/mol. The molecule has 0 aliphatic rings. The molecule has 0 spiro atoms. The number of aryl methyl sites for hydroxylation is 1. The fourth-order valence-electron chi connectivity index (χ4n) is 4.40. The lowest BCUT2D eigenvalue weighted by Gasteiger charge is -2.21. The number of hydrogen-bond acceptors (Lipinski definition) is 5. The summed E-state index contributed by atoms with van der Waals surface area (Å²) in [5, 5.41) is 1.07. The van der Waals surface area contributed by atoms with Crippen LogP contribution in [0, 0.1) is 6.92 Å². The van der Waals surface area contributed by atoms with E-state index < -0.39 is 0 Å². The highest BCUT2D eigenvalue weighted by Gasteiger charge is 2.10. The predicted octanol–water partition coefficient (Wildman–Crippen LogP) is 8.55. The molecule has 0 unspecified atom stereocenters. The van der Waals surface area contributed by atoms with E-state index in [4.69, 9.17) is 14.5 Å². The van der Waals surface area contributed by atoms with E-state index in [1.165, 1.54) is 21.6 Å². The Bertz CT molecular complexity index is 1430. The van der Waals surface area contributed by atoms with Gasteiger partial charge < -0.3 is 9.47 Å². The Kier molecular flexibility index (Phi) is 9.05. The zero-order valence-electron chi connectivity index (χ0n) is 22.5. The largest absolute Gasteiger partial charge is 0.493 e. The van der Waals surface area contributed by atoms with Crippen LogP contribution in [0.25, 0.3) is 10.6 Å². The maximum absolute atomic E-state index is 6.05. The van der Waals surface area contributed by atoms with Crippen molar-refractivity contribution in [1.82, 2.24) is 9.88 Å². The van der Waals surface area contributed by atoms with Gasteiger partial charge in [0.05, 0.1) is 12.3 Å². The Hall–Kier alpha value is -3.93. The Labute approximate surface area is 235 Å². The molecule has 4 nitrogen and oxygen atoms in total.